The summed E-state index contributed by atoms with van der Waals surface area (Å²) in [7, 11) is 0. The van der Waals surface area contributed by atoms with Gasteiger partial charge in [0.25, 0.3) is 0 Å². The van der Waals surface area contributed by atoms with Gasteiger partial charge >= 0.3 is 5.97 Å². The average Bonchev–Trinajstić information content (AvgIpc) is 2.99. The van der Waals surface area contributed by atoms with Gasteiger partial charge in [-0.2, -0.15) is 0 Å². The van der Waals surface area contributed by atoms with E-state index < -0.39 is 5.97 Å². The van der Waals surface area contributed by atoms with Gasteiger partial charge in [-0.1, -0.05) is 0 Å². The summed E-state index contributed by atoms with van der Waals surface area (Å²) in [5.41, 5.74) is 0. The average molecular weight is 197 g/mol. The normalized spacial score (nSPS) is 32.9. The van der Waals surface area contributed by atoms with Crippen molar-refractivity contribution >= 4 is 5.97 Å². The molecule has 0 spiro atoms. The second-order valence-corrected chi connectivity index (χ2v) is 4.74. The van der Waals surface area contributed by atoms with E-state index in [0.29, 0.717) is 0 Å². The highest BCUT2D eigenvalue weighted by molar-refractivity contribution is 5.69. The maximum Gasteiger partial charge on any atom is 0.306 e. The topological polar surface area (TPSA) is 49.3 Å². The van der Waals surface area contributed by atoms with E-state index in [9.17, 15) is 4.79 Å². The predicted octanol–water partition coefficient (Wildman–Crippen LogP) is 1.63. The molecule has 0 aromatic heterocycles. The minimum atomic E-state index is -0.599. The van der Waals surface area contributed by atoms with E-state index in [0.717, 1.165) is 44.2 Å². The van der Waals surface area contributed by atoms with Crippen molar-refractivity contribution in [3.05, 3.63) is 0 Å². The fourth-order valence-corrected chi connectivity index (χ4v) is 2.23. The Hall–Kier alpha value is -0.570. The first-order valence-corrected chi connectivity index (χ1v) is 5.72. The molecule has 2 aliphatic rings. The third-order valence-corrected chi connectivity index (χ3v) is 3.47. The lowest BCUT2D eigenvalue weighted by Gasteiger charge is -2.26. The lowest BCUT2D eigenvalue weighted by molar-refractivity contribution is -0.143. The number of carboxylic acids is 1. The lowest BCUT2D eigenvalue weighted by Crippen LogP contribution is -2.29. The molecule has 2 fully saturated rings. The molecule has 0 saturated heterocycles. The molecule has 14 heavy (non-hydrogen) atoms. The van der Waals surface area contributed by atoms with Gasteiger partial charge in [0.05, 0.1) is 5.92 Å². The van der Waals surface area contributed by atoms with Gasteiger partial charge in [-0.25, -0.2) is 0 Å². The molecule has 0 unspecified atom stereocenters. The van der Waals surface area contributed by atoms with Gasteiger partial charge in [-0.15, -0.1) is 0 Å². The minimum absolute atomic E-state index is 0.0628. The van der Waals surface area contributed by atoms with Crippen molar-refractivity contribution < 1.29 is 9.90 Å². The summed E-state index contributed by atoms with van der Waals surface area (Å²) in [4.78, 5) is 10.7. The van der Waals surface area contributed by atoms with Crippen molar-refractivity contribution in [1.82, 2.24) is 5.32 Å². The summed E-state index contributed by atoms with van der Waals surface area (Å²) < 4.78 is 0. The Kier molecular flexibility index (Phi) is 3.06. The smallest absolute Gasteiger partial charge is 0.306 e. The summed E-state index contributed by atoms with van der Waals surface area (Å²) in [6, 6.07) is 0.784. The zero-order valence-corrected chi connectivity index (χ0v) is 8.54. The second kappa shape index (κ2) is 4.30. The van der Waals surface area contributed by atoms with Gasteiger partial charge in [-0.05, 0) is 51.0 Å². The van der Waals surface area contributed by atoms with Crippen LogP contribution < -0.4 is 5.32 Å². The van der Waals surface area contributed by atoms with Crippen LogP contribution in [0.4, 0.5) is 0 Å². The van der Waals surface area contributed by atoms with Crippen LogP contribution in [0, 0.1) is 11.8 Å². The third kappa shape index (κ3) is 2.71. The van der Waals surface area contributed by atoms with Gasteiger partial charge in [0.2, 0.25) is 0 Å². The lowest BCUT2D eigenvalue weighted by atomic mass is 9.82. The van der Waals surface area contributed by atoms with Crippen molar-refractivity contribution in [2.75, 3.05) is 6.54 Å². The highest BCUT2D eigenvalue weighted by atomic mass is 16.4. The van der Waals surface area contributed by atoms with Crippen molar-refractivity contribution in [3.8, 4) is 0 Å². The monoisotopic (exact) mass is 197 g/mol. The Morgan fingerprint density at radius 3 is 2.29 bits per heavy atom. The fraction of sp³-hybridized carbons (Fsp3) is 0.909. The van der Waals surface area contributed by atoms with Crippen LogP contribution in [-0.4, -0.2) is 23.7 Å². The molecule has 0 aromatic carbocycles. The number of carboxylic acid groups (broad SMARTS) is 1. The van der Waals surface area contributed by atoms with Gasteiger partial charge in [0.15, 0.2) is 0 Å². The van der Waals surface area contributed by atoms with Crippen LogP contribution in [0.1, 0.15) is 38.5 Å². The van der Waals surface area contributed by atoms with Gasteiger partial charge in [0, 0.05) is 6.04 Å². The Bertz CT molecular complexity index is 205. The summed E-state index contributed by atoms with van der Waals surface area (Å²) in [6.45, 7) is 1.11. The van der Waals surface area contributed by atoms with Crippen molar-refractivity contribution in [2.24, 2.45) is 11.8 Å². The Morgan fingerprint density at radius 2 is 1.79 bits per heavy atom. The summed E-state index contributed by atoms with van der Waals surface area (Å²) in [5.74, 6) is 0.0666. The summed E-state index contributed by atoms with van der Waals surface area (Å²) in [6.07, 6.45) is 6.63. The first-order valence-electron chi connectivity index (χ1n) is 5.72. The number of hydrogen-bond acceptors (Lipinski definition) is 2. The van der Waals surface area contributed by atoms with E-state index in [1.54, 1.807) is 0 Å². The Balaban J connectivity index is 1.64. The maximum absolute atomic E-state index is 10.7. The van der Waals surface area contributed by atoms with Crippen molar-refractivity contribution in [3.63, 3.8) is 0 Å². The Labute approximate surface area is 84.9 Å². The molecular weight excluding hydrogens is 178 g/mol. The highest BCUT2D eigenvalue weighted by Gasteiger charge is 2.27. The van der Waals surface area contributed by atoms with Crippen LogP contribution in [0.5, 0.6) is 0 Å². The first kappa shape index (κ1) is 9.97. The molecule has 0 radical (unpaired) electrons. The molecule has 3 heteroatoms. The van der Waals surface area contributed by atoms with E-state index in [1.165, 1.54) is 12.8 Å². The third-order valence-electron chi connectivity index (χ3n) is 3.47. The maximum atomic E-state index is 10.7. The molecule has 3 nitrogen and oxygen atoms in total. The van der Waals surface area contributed by atoms with Crippen LogP contribution in [0.2, 0.25) is 0 Å². The minimum Gasteiger partial charge on any atom is -0.481 e. The molecule has 0 aliphatic heterocycles. The van der Waals surface area contributed by atoms with Crippen molar-refractivity contribution in [2.45, 2.75) is 44.6 Å². The predicted molar refractivity (Wildman–Crippen MR) is 54.1 cm³/mol. The summed E-state index contributed by atoms with van der Waals surface area (Å²) in [5, 5.41) is 12.4. The molecule has 0 bridgehead atoms. The largest absolute Gasteiger partial charge is 0.481 e. The van der Waals surface area contributed by atoms with Gasteiger partial charge in [0.1, 0.15) is 0 Å². The molecule has 0 aromatic rings. The second-order valence-electron chi connectivity index (χ2n) is 4.74. The van der Waals surface area contributed by atoms with Crippen LogP contribution in [0.25, 0.3) is 0 Å². The van der Waals surface area contributed by atoms with E-state index in [-0.39, 0.29) is 5.92 Å². The quantitative estimate of drug-likeness (QED) is 0.720. The number of aliphatic carboxylic acids is 1. The van der Waals surface area contributed by atoms with Crippen LogP contribution in [0.15, 0.2) is 0 Å². The highest BCUT2D eigenvalue weighted by Crippen LogP contribution is 2.29. The van der Waals surface area contributed by atoms with E-state index in [1.807, 2.05) is 0 Å². The fourth-order valence-electron chi connectivity index (χ4n) is 2.23. The van der Waals surface area contributed by atoms with Crippen LogP contribution in [0.3, 0.4) is 0 Å². The number of nitrogens with one attached hydrogen (secondary N) is 1. The molecule has 2 N–H and O–H groups in total. The molecule has 2 rings (SSSR count). The summed E-state index contributed by atoms with van der Waals surface area (Å²) >= 11 is 0. The first-order chi connectivity index (χ1) is 6.75. The number of hydrogen-bond donors (Lipinski definition) is 2. The van der Waals surface area contributed by atoms with Gasteiger partial charge < -0.3 is 10.4 Å². The molecule has 80 valence electrons. The zero-order valence-electron chi connectivity index (χ0n) is 8.54. The number of carbonyl (C=O) groups is 1. The molecule has 2 saturated carbocycles. The standard InChI is InChI=1S/C11H19NO2/c13-11(14)9-3-1-8(2-4-9)7-12-10-5-6-10/h8-10,12H,1-7H2,(H,13,14). The molecular formula is C11H19NO2. The van der Waals surface area contributed by atoms with E-state index in [2.05, 4.69) is 5.32 Å². The molecule has 0 amide bonds. The van der Waals surface area contributed by atoms with E-state index >= 15 is 0 Å². The molecule has 2 aliphatic carbocycles. The SMILES string of the molecule is O=C(O)C1CCC(CNC2CC2)CC1. The number of rotatable bonds is 4. The van der Waals surface area contributed by atoms with Gasteiger partial charge in [-0.3, -0.25) is 4.79 Å². The van der Waals surface area contributed by atoms with E-state index in [4.69, 9.17) is 5.11 Å². The molecule has 0 heterocycles. The zero-order chi connectivity index (χ0) is 9.97. The van der Waals surface area contributed by atoms with Crippen LogP contribution in [-0.2, 0) is 4.79 Å². The van der Waals surface area contributed by atoms with Crippen molar-refractivity contribution in [1.29, 1.82) is 0 Å². The Morgan fingerprint density at radius 1 is 1.14 bits per heavy atom. The van der Waals surface area contributed by atoms with Crippen LogP contribution >= 0.6 is 0 Å². The molecule has 0 atom stereocenters.